The van der Waals surface area contributed by atoms with Crippen molar-refractivity contribution in [3.8, 4) is 11.3 Å². The topological polar surface area (TPSA) is 30.7 Å². The molecule has 0 unspecified atom stereocenters. The molecular weight excluding hydrogens is 279 g/mol. The molecule has 2 aromatic rings. The zero-order valence-corrected chi connectivity index (χ0v) is 10.8. The van der Waals surface area contributed by atoms with Crippen LogP contribution in [0.15, 0.2) is 24.5 Å². The first-order chi connectivity index (χ1) is 8.90. The predicted octanol–water partition coefficient (Wildman–Crippen LogP) is 4.03. The largest absolute Gasteiger partial charge is 0.416 e. The summed E-state index contributed by atoms with van der Waals surface area (Å²) >= 11 is 5.64. The van der Waals surface area contributed by atoms with E-state index in [0.29, 0.717) is 12.1 Å². The third-order valence-electron chi connectivity index (χ3n) is 2.50. The van der Waals surface area contributed by atoms with Gasteiger partial charge < -0.3 is 0 Å². The minimum absolute atomic E-state index is 0.169. The lowest BCUT2D eigenvalue weighted by molar-refractivity contribution is -0.137. The average molecular weight is 290 g/mol. The quantitative estimate of drug-likeness (QED) is 0.799. The molecule has 0 saturated heterocycles. The lowest BCUT2D eigenvalue weighted by Crippen LogP contribution is -2.05. The highest BCUT2D eigenvalue weighted by Gasteiger charge is 2.31. The van der Waals surface area contributed by atoms with Gasteiger partial charge in [-0.05, 0) is 18.6 Å². The summed E-state index contributed by atoms with van der Waals surface area (Å²) in [4.78, 5) is 3.90. The summed E-state index contributed by atoms with van der Waals surface area (Å²) in [5.41, 5.74) is -0.130. The monoisotopic (exact) mass is 289 g/mol. The summed E-state index contributed by atoms with van der Waals surface area (Å²) in [6, 6.07) is 1.78. The Labute approximate surface area is 113 Å². The average Bonchev–Trinajstić information content (AvgIpc) is 2.76. The van der Waals surface area contributed by atoms with Gasteiger partial charge in [-0.2, -0.15) is 18.3 Å². The van der Waals surface area contributed by atoms with Crippen LogP contribution in [0.3, 0.4) is 0 Å². The molecule has 2 rings (SSSR count). The van der Waals surface area contributed by atoms with Crippen LogP contribution in [0, 0.1) is 0 Å². The van der Waals surface area contributed by atoms with Crippen LogP contribution < -0.4 is 0 Å². The third-order valence-corrected chi connectivity index (χ3v) is 2.70. The number of alkyl halides is 3. The van der Waals surface area contributed by atoms with Crippen LogP contribution in [-0.2, 0) is 12.7 Å². The normalized spacial score (nSPS) is 11.8. The number of hydrogen-bond acceptors (Lipinski definition) is 2. The molecule has 0 N–H and O–H groups in total. The van der Waals surface area contributed by atoms with Crippen molar-refractivity contribution in [2.75, 3.05) is 0 Å². The van der Waals surface area contributed by atoms with E-state index >= 15 is 0 Å². The van der Waals surface area contributed by atoms with Gasteiger partial charge in [0, 0.05) is 18.3 Å². The molecule has 0 aromatic carbocycles. The number of pyridine rings is 1. The zero-order chi connectivity index (χ0) is 14.0. The highest BCUT2D eigenvalue weighted by molar-refractivity contribution is 6.29. The van der Waals surface area contributed by atoms with Gasteiger partial charge >= 0.3 is 6.18 Å². The van der Waals surface area contributed by atoms with Crippen LogP contribution >= 0.6 is 11.6 Å². The molecular formula is C12H11ClF3N3. The molecule has 0 aliphatic rings. The van der Waals surface area contributed by atoms with Crippen LogP contribution in [0.25, 0.3) is 11.3 Å². The second-order valence-corrected chi connectivity index (χ2v) is 4.44. The Bertz CT molecular complexity index is 578. The second-order valence-electron chi connectivity index (χ2n) is 4.05. The van der Waals surface area contributed by atoms with E-state index in [9.17, 15) is 13.2 Å². The number of halogens is 4. The zero-order valence-electron chi connectivity index (χ0n) is 10.1. The molecule has 0 saturated carbocycles. The highest BCUT2D eigenvalue weighted by Crippen LogP contribution is 2.33. The maximum atomic E-state index is 12.7. The van der Waals surface area contributed by atoms with Gasteiger partial charge in [0.15, 0.2) is 0 Å². The molecule has 0 spiro atoms. The highest BCUT2D eigenvalue weighted by atomic mass is 35.5. The van der Waals surface area contributed by atoms with Gasteiger partial charge in [0.05, 0.1) is 17.5 Å². The molecule has 19 heavy (non-hydrogen) atoms. The molecule has 0 bridgehead atoms. The van der Waals surface area contributed by atoms with Gasteiger partial charge in [-0.3, -0.25) is 4.68 Å². The molecule has 0 amide bonds. The summed E-state index contributed by atoms with van der Waals surface area (Å²) in [6.07, 6.45) is -0.421. The predicted molar refractivity (Wildman–Crippen MR) is 65.8 cm³/mol. The first kappa shape index (κ1) is 13.9. The molecule has 0 aliphatic heterocycles. The van der Waals surface area contributed by atoms with Crippen molar-refractivity contribution in [2.45, 2.75) is 26.1 Å². The van der Waals surface area contributed by atoms with Gasteiger partial charge in [0.25, 0.3) is 0 Å². The van der Waals surface area contributed by atoms with Gasteiger partial charge in [-0.1, -0.05) is 18.5 Å². The standard InChI is InChI=1S/C12H11ClF3N3/c1-2-3-19-7-8(6-17-19)10-4-9(12(14,15)16)5-11(13)18-10/h4-7H,2-3H2,1H3. The molecule has 3 nitrogen and oxygen atoms in total. The van der Waals surface area contributed by atoms with Crippen molar-refractivity contribution >= 4 is 11.6 Å². The number of aryl methyl sites for hydroxylation is 1. The van der Waals surface area contributed by atoms with Crippen molar-refractivity contribution in [1.82, 2.24) is 14.8 Å². The fourth-order valence-corrected chi connectivity index (χ4v) is 1.86. The van der Waals surface area contributed by atoms with Crippen LogP contribution in [0.2, 0.25) is 5.15 Å². The molecule has 0 radical (unpaired) electrons. The Hall–Kier alpha value is -1.56. The van der Waals surface area contributed by atoms with Crippen molar-refractivity contribution in [3.05, 3.63) is 35.2 Å². The van der Waals surface area contributed by atoms with E-state index in [4.69, 9.17) is 11.6 Å². The van der Waals surface area contributed by atoms with E-state index in [1.807, 2.05) is 6.92 Å². The van der Waals surface area contributed by atoms with Crippen LogP contribution in [0.1, 0.15) is 18.9 Å². The molecule has 0 atom stereocenters. The van der Waals surface area contributed by atoms with Crippen molar-refractivity contribution in [2.24, 2.45) is 0 Å². The van der Waals surface area contributed by atoms with E-state index in [2.05, 4.69) is 10.1 Å². The molecule has 7 heteroatoms. The third kappa shape index (κ3) is 3.26. The van der Waals surface area contributed by atoms with Gasteiger partial charge in [-0.15, -0.1) is 0 Å². The Morgan fingerprint density at radius 1 is 1.32 bits per heavy atom. The second kappa shape index (κ2) is 5.21. The van der Waals surface area contributed by atoms with E-state index in [-0.39, 0.29) is 10.8 Å². The Kier molecular flexibility index (Phi) is 3.80. The van der Waals surface area contributed by atoms with E-state index < -0.39 is 11.7 Å². The van der Waals surface area contributed by atoms with Crippen molar-refractivity contribution in [1.29, 1.82) is 0 Å². The van der Waals surface area contributed by atoms with E-state index in [1.54, 1.807) is 10.9 Å². The van der Waals surface area contributed by atoms with Gasteiger partial charge in [0.1, 0.15) is 5.15 Å². The first-order valence-electron chi connectivity index (χ1n) is 5.67. The van der Waals surface area contributed by atoms with Crippen molar-refractivity contribution in [3.63, 3.8) is 0 Å². The summed E-state index contributed by atoms with van der Waals surface area (Å²) in [5.74, 6) is 0. The van der Waals surface area contributed by atoms with Crippen molar-refractivity contribution < 1.29 is 13.2 Å². The number of rotatable bonds is 3. The lowest BCUT2D eigenvalue weighted by atomic mass is 10.1. The summed E-state index contributed by atoms with van der Waals surface area (Å²) in [6.45, 7) is 2.69. The summed E-state index contributed by atoms with van der Waals surface area (Å²) < 4.78 is 39.7. The SMILES string of the molecule is CCCn1cc(-c2cc(C(F)(F)F)cc(Cl)n2)cn1. The molecule has 0 aliphatic carbocycles. The maximum Gasteiger partial charge on any atom is 0.416 e. The van der Waals surface area contributed by atoms with Gasteiger partial charge in [0.2, 0.25) is 0 Å². The fourth-order valence-electron chi connectivity index (χ4n) is 1.66. The Morgan fingerprint density at radius 3 is 2.68 bits per heavy atom. The summed E-state index contributed by atoms with van der Waals surface area (Å²) in [5, 5.41) is 3.87. The Morgan fingerprint density at radius 2 is 2.05 bits per heavy atom. The number of nitrogens with zero attached hydrogens (tertiary/aromatic N) is 3. The van der Waals surface area contributed by atoms with Crippen LogP contribution in [0.5, 0.6) is 0 Å². The minimum atomic E-state index is -4.44. The maximum absolute atomic E-state index is 12.7. The molecule has 2 aromatic heterocycles. The minimum Gasteiger partial charge on any atom is -0.272 e. The van der Waals surface area contributed by atoms with Gasteiger partial charge in [-0.25, -0.2) is 4.98 Å². The fraction of sp³-hybridized carbons (Fsp3) is 0.333. The van der Waals surface area contributed by atoms with E-state index in [1.165, 1.54) is 6.20 Å². The van der Waals surface area contributed by atoms with Crippen LogP contribution in [-0.4, -0.2) is 14.8 Å². The molecule has 102 valence electrons. The molecule has 2 heterocycles. The Balaban J connectivity index is 2.41. The lowest BCUT2D eigenvalue weighted by Gasteiger charge is -2.08. The number of aromatic nitrogens is 3. The smallest absolute Gasteiger partial charge is 0.272 e. The first-order valence-corrected chi connectivity index (χ1v) is 6.05. The van der Waals surface area contributed by atoms with E-state index in [0.717, 1.165) is 18.6 Å². The summed E-state index contributed by atoms with van der Waals surface area (Å²) in [7, 11) is 0. The molecule has 0 fully saturated rings. The van der Waals surface area contributed by atoms with Crippen LogP contribution in [0.4, 0.5) is 13.2 Å². The number of hydrogen-bond donors (Lipinski definition) is 0.